The predicted molar refractivity (Wildman–Crippen MR) is 134 cm³/mol. The third-order valence-electron chi connectivity index (χ3n) is 8.31. The number of hydrogen-bond donors (Lipinski definition) is 2. The number of benzene rings is 1. The van der Waals surface area contributed by atoms with E-state index in [0.717, 1.165) is 29.5 Å². The molecule has 2 unspecified atom stereocenters. The maximum absolute atomic E-state index is 5.41. The van der Waals surface area contributed by atoms with Crippen LogP contribution in [0.4, 0.5) is 5.82 Å². The topological polar surface area (TPSA) is 49.4 Å². The van der Waals surface area contributed by atoms with Gasteiger partial charge in [-0.25, -0.2) is 4.98 Å². The van der Waals surface area contributed by atoms with Crippen molar-refractivity contribution in [3.05, 3.63) is 65.9 Å². The van der Waals surface area contributed by atoms with E-state index < -0.39 is 0 Å². The summed E-state index contributed by atoms with van der Waals surface area (Å²) in [6.45, 7) is 3.15. The summed E-state index contributed by atoms with van der Waals surface area (Å²) >= 11 is 0. The summed E-state index contributed by atoms with van der Waals surface area (Å²) in [6.07, 6.45) is 15.3. The van der Waals surface area contributed by atoms with Gasteiger partial charge in [0.15, 0.2) is 0 Å². The van der Waals surface area contributed by atoms with E-state index in [0.29, 0.717) is 30.0 Å². The third kappa shape index (κ3) is 3.72. The second kappa shape index (κ2) is 8.21. The Hall–Kier alpha value is -2.79. The minimum Gasteiger partial charge on any atom is -0.497 e. The van der Waals surface area contributed by atoms with Crippen LogP contribution in [-0.4, -0.2) is 48.7 Å². The van der Waals surface area contributed by atoms with Crippen LogP contribution in [0.1, 0.15) is 24.8 Å². The highest BCUT2D eigenvalue weighted by atomic mass is 16.5. The first-order valence-corrected chi connectivity index (χ1v) is 12.3. The molecule has 33 heavy (non-hydrogen) atoms. The van der Waals surface area contributed by atoms with Crippen LogP contribution in [0.2, 0.25) is 0 Å². The number of nitrogens with zero attached hydrogens (tertiary/aromatic N) is 2. The fourth-order valence-electron chi connectivity index (χ4n) is 6.70. The Labute approximate surface area is 196 Å². The molecule has 172 valence electrons. The van der Waals surface area contributed by atoms with Gasteiger partial charge in [-0.2, -0.15) is 0 Å². The molecule has 6 atom stereocenters. The molecule has 2 fully saturated rings. The zero-order valence-corrected chi connectivity index (χ0v) is 19.8. The molecule has 2 heterocycles. The largest absolute Gasteiger partial charge is 0.497 e. The Morgan fingerprint density at radius 3 is 2.79 bits per heavy atom. The average Bonchev–Trinajstić information content (AvgIpc) is 3.50. The standard InChI is InChI=1S/C28H34N4O/c1-17-10-28(31-26-14-20(33-3)8-9-21(17)26)30-25-13-18-11-23(25)24(12-18)29-15-19-16-32(2)27-7-5-4-6-22(19)27/h4-10,14,16,18,22-25,27,29H,11-13,15H2,1-3H3,(H,30,31)/t18-,22?,23+,24+,25+,27?/m1/s1. The van der Waals surface area contributed by atoms with Crippen molar-refractivity contribution in [1.82, 2.24) is 15.2 Å². The molecule has 2 bridgehead atoms. The Morgan fingerprint density at radius 2 is 1.94 bits per heavy atom. The lowest BCUT2D eigenvalue weighted by molar-refractivity contribution is 0.332. The molecule has 5 nitrogen and oxygen atoms in total. The predicted octanol–water partition coefficient (Wildman–Crippen LogP) is 4.66. The number of aryl methyl sites for hydroxylation is 1. The van der Waals surface area contributed by atoms with Gasteiger partial charge in [0.1, 0.15) is 11.6 Å². The first-order valence-electron chi connectivity index (χ1n) is 12.3. The van der Waals surface area contributed by atoms with Crippen molar-refractivity contribution in [2.75, 3.05) is 26.0 Å². The molecule has 0 radical (unpaired) electrons. The smallest absolute Gasteiger partial charge is 0.127 e. The molecule has 5 heteroatoms. The van der Waals surface area contributed by atoms with Gasteiger partial charge in [-0.3, -0.25) is 0 Å². The van der Waals surface area contributed by atoms with E-state index in [1.165, 1.54) is 35.8 Å². The summed E-state index contributed by atoms with van der Waals surface area (Å²) in [7, 11) is 3.90. The summed E-state index contributed by atoms with van der Waals surface area (Å²) in [6, 6.07) is 9.91. The van der Waals surface area contributed by atoms with Crippen molar-refractivity contribution in [2.24, 2.45) is 17.8 Å². The van der Waals surface area contributed by atoms with Gasteiger partial charge in [0.05, 0.1) is 18.7 Å². The molecule has 0 saturated heterocycles. The second-order valence-corrected chi connectivity index (χ2v) is 10.3. The Kier molecular flexibility index (Phi) is 5.17. The molecule has 2 N–H and O–H groups in total. The maximum atomic E-state index is 5.41. The lowest BCUT2D eigenvalue weighted by Crippen LogP contribution is -2.43. The molecule has 2 aromatic rings. The van der Waals surface area contributed by atoms with Crippen molar-refractivity contribution < 1.29 is 4.74 Å². The molecule has 0 amide bonds. The van der Waals surface area contributed by atoms with Crippen LogP contribution in [0, 0.1) is 24.7 Å². The highest BCUT2D eigenvalue weighted by Crippen LogP contribution is 2.46. The molecule has 6 rings (SSSR count). The summed E-state index contributed by atoms with van der Waals surface area (Å²) in [5.74, 6) is 3.84. The lowest BCUT2D eigenvalue weighted by Gasteiger charge is -2.32. The molecule has 4 aliphatic rings. The number of aromatic nitrogens is 1. The molecule has 2 saturated carbocycles. The first kappa shape index (κ1) is 20.8. The number of pyridine rings is 1. The van der Waals surface area contributed by atoms with E-state index in [1.54, 1.807) is 7.11 Å². The van der Waals surface area contributed by atoms with Crippen LogP contribution in [0.3, 0.4) is 0 Å². The lowest BCUT2D eigenvalue weighted by atomic mass is 9.88. The van der Waals surface area contributed by atoms with E-state index >= 15 is 0 Å². The Balaban J connectivity index is 1.14. The van der Waals surface area contributed by atoms with Gasteiger partial charge < -0.3 is 20.3 Å². The highest BCUT2D eigenvalue weighted by molar-refractivity contribution is 5.85. The number of fused-ring (bicyclic) bond motifs is 4. The maximum Gasteiger partial charge on any atom is 0.127 e. The number of allylic oxidation sites excluding steroid dienone is 2. The Morgan fingerprint density at radius 1 is 1.09 bits per heavy atom. The first-order chi connectivity index (χ1) is 16.1. The number of anilines is 1. The van der Waals surface area contributed by atoms with E-state index in [9.17, 15) is 0 Å². The number of likely N-dealkylation sites (N-methyl/N-ethyl adjacent to an activating group) is 1. The van der Waals surface area contributed by atoms with Crippen molar-refractivity contribution in [2.45, 2.75) is 44.3 Å². The SMILES string of the molecule is COc1ccc2c(C)cc(N[C@H]3C[C@@H]4C[C@H]3[C@@H](NCC3=CN(C)C5C=CC=CC35)C4)nc2c1. The summed E-state index contributed by atoms with van der Waals surface area (Å²) in [5, 5.41) is 8.96. The molecule has 1 aromatic heterocycles. The molecule has 0 spiro atoms. The van der Waals surface area contributed by atoms with E-state index in [4.69, 9.17) is 9.72 Å². The monoisotopic (exact) mass is 442 g/mol. The van der Waals surface area contributed by atoms with E-state index in [2.05, 4.69) is 72.1 Å². The number of rotatable bonds is 6. The van der Waals surface area contributed by atoms with Gasteiger partial charge in [0.25, 0.3) is 0 Å². The zero-order valence-electron chi connectivity index (χ0n) is 19.8. The van der Waals surface area contributed by atoms with Crippen molar-refractivity contribution in [3.63, 3.8) is 0 Å². The zero-order chi connectivity index (χ0) is 22.5. The molecule has 1 aromatic carbocycles. The van der Waals surface area contributed by atoms with E-state index in [-0.39, 0.29) is 0 Å². The van der Waals surface area contributed by atoms with Crippen LogP contribution in [-0.2, 0) is 0 Å². The van der Waals surface area contributed by atoms with Crippen molar-refractivity contribution in [1.29, 1.82) is 0 Å². The van der Waals surface area contributed by atoms with Gasteiger partial charge in [0, 0.05) is 49.2 Å². The molecule has 1 aliphatic heterocycles. The van der Waals surface area contributed by atoms with Crippen LogP contribution in [0.15, 0.2) is 60.3 Å². The minimum atomic E-state index is 0.488. The molecular weight excluding hydrogens is 408 g/mol. The minimum absolute atomic E-state index is 0.488. The summed E-state index contributed by atoms with van der Waals surface area (Å²) in [4.78, 5) is 7.30. The van der Waals surface area contributed by atoms with Gasteiger partial charge in [-0.05, 0) is 67.4 Å². The van der Waals surface area contributed by atoms with Crippen LogP contribution in [0.25, 0.3) is 10.9 Å². The van der Waals surface area contributed by atoms with Gasteiger partial charge >= 0.3 is 0 Å². The van der Waals surface area contributed by atoms with Crippen molar-refractivity contribution >= 4 is 16.7 Å². The van der Waals surface area contributed by atoms with Gasteiger partial charge in [-0.15, -0.1) is 0 Å². The summed E-state index contributed by atoms with van der Waals surface area (Å²) < 4.78 is 5.41. The van der Waals surface area contributed by atoms with Gasteiger partial charge in [0.2, 0.25) is 0 Å². The number of methoxy groups -OCH3 is 1. The summed E-state index contributed by atoms with van der Waals surface area (Å²) in [5.41, 5.74) is 3.76. The number of ether oxygens (including phenoxy) is 1. The average molecular weight is 443 g/mol. The quantitative estimate of drug-likeness (QED) is 0.681. The van der Waals surface area contributed by atoms with Crippen LogP contribution in [0.5, 0.6) is 5.75 Å². The molecular formula is C28H34N4O. The van der Waals surface area contributed by atoms with Crippen molar-refractivity contribution in [3.8, 4) is 5.75 Å². The normalized spacial score (nSPS) is 31.8. The van der Waals surface area contributed by atoms with E-state index in [1.807, 2.05) is 12.1 Å². The van der Waals surface area contributed by atoms with Gasteiger partial charge in [-0.1, -0.05) is 24.3 Å². The van der Waals surface area contributed by atoms with Crippen LogP contribution < -0.4 is 15.4 Å². The molecule has 3 aliphatic carbocycles. The van der Waals surface area contributed by atoms with Crippen LogP contribution >= 0.6 is 0 Å². The third-order valence-corrected chi connectivity index (χ3v) is 8.31. The second-order valence-electron chi connectivity index (χ2n) is 10.3. The highest BCUT2D eigenvalue weighted by Gasteiger charge is 2.46. The number of hydrogen-bond acceptors (Lipinski definition) is 5. The number of nitrogens with one attached hydrogen (secondary N) is 2. The fraction of sp³-hybridized carbons (Fsp3) is 0.464. The fourth-order valence-corrected chi connectivity index (χ4v) is 6.70. The Bertz CT molecular complexity index is 1150.